The molecular weight excluding hydrogens is 331 g/mol. The third-order valence-corrected chi connectivity index (χ3v) is 3.21. The van der Waals surface area contributed by atoms with Gasteiger partial charge in [0.1, 0.15) is 0 Å². The highest BCUT2D eigenvalue weighted by Crippen LogP contribution is 2.17. The van der Waals surface area contributed by atoms with Crippen LogP contribution in [-0.4, -0.2) is 35.7 Å². The van der Waals surface area contributed by atoms with E-state index in [2.05, 4.69) is 27.9 Å². The van der Waals surface area contributed by atoms with E-state index in [1.165, 1.54) is 0 Å². The SMILES string of the molecule is CCCN(CCO)C(=O)Nc1ccccc1I. The van der Waals surface area contributed by atoms with E-state index in [1.54, 1.807) is 4.90 Å². The van der Waals surface area contributed by atoms with Crippen LogP contribution in [-0.2, 0) is 0 Å². The van der Waals surface area contributed by atoms with Crippen molar-refractivity contribution < 1.29 is 9.90 Å². The minimum atomic E-state index is -0.162. The lowest BCUT2D eigenvalue weighted by Crippen LogP contribution is -2.37. The second-order valence-corrected chi connectivity index (χ2v) is 4.78. The molecule has 0 aliphatic rings. The molecule has 1 rings (SSSR count). The quantitative estimate of drug-likeness (QED) is 0.804. The third kappa shape index (κ3) is 4.51. The molecule has 0 spiro atoms. The Kier molecular flexibility index (Phi) is 6.28. The molecule has 0 saturated heterocycles. The number of hydrogen-bond donors (Lipinski definition) is 2. The molecule has 17 heavy (non-hydrogen) atoms. The van der Waals surface area contributed by atoms with E-state index < -0.39 is 0 Å². The number of hydrogen-bond acceptors (Lipinski definition) is 2. The molecule has 0 aliphatic carbocycles. The first kappa shape index (κ1) is 14.2. The summed E-state index contributed by atoms with van der Waals surface area (Å²) in [6.45, 7) is 3.00. The summed E-state index contributed by atoms with van der Waals surface area (Å²) in [6, 6.07) is 7.45. The van der Waals surface area contributed by atoms with Crippen LogP contribution in [0.15, 0.2) is 24.3 Å². The first-order chi connectivity index (χ1) is 8.19. The van der Waals surface area contributed by atoms with Gasteiger partial charge in [0, 0.05) is 16.7 Å². The lowest BCUT2D eigenvalue weighted by atomic mass is 10.3. The highest BCUT2D eigenvalue weighted by atomic mass is 127. The van der Waals surface area contributed by atoms with Crippen molar-refractivity contribution in [3.63, 3.8) is 0 Å². The highest BCUT2D eigenvalue weighted by Gasteiger charge is 2.12. The number of para-hydroxylation sites is 1. The number of halogens is 1. The Balaban J connectivity index is 2.66. The number of anilines is 1. The maximum Gasteiger partial charge on any atom is 0.321 e. The molecule has 1 aromatic carbocycles. The fourth-order valence-electron chi connectivity index (χ4n) is 1.46. The second-order valence-electron chi connectivity index (χ2n) is 3.62. The molecule has 4 nitrogen and oxygen atoms in total. The molecule has 5 heteroatoms. The molecule has 0 aliphatic heterocycles. The summed E-state index contributed by atoms with van der Waals surface area (Å²) < 4.78 is 0.999. The highest BCUT2D eigenvalue weighted by molar-refractivity contribution is 14.1. The second kappa shape index (κ2) is 7.50. The molecule has 0 atom stereocenters. The molecule has 0 heterocycles. The largest absolute Gasteiger partial charge is 0.395 e. The van der Waals surface area contributed by atoms with Crippen molar-refractivity contribution in [2.75, 3.05) is 25.0 Å². The number of amides is 2. The van der Waals surface area contributed by atoms with E-state index in [0.717, 1.165) is 15.7 Å². The van der Waals surface area contributed by atoms with Crippen molar-refractivity contribution in [1.82, 2.24) is 4.90 Å². The topological polar surface area (TPSA) is 52.6 Å². The first-order valence-electron chi connectivity index (χ1n) is 5.60. The van der Waals surface area contributed by atoms with Crippen LogP contribution in [0.3, 0.4) is 0 Å². The van der Waals surface area contributed by atoms with E-state index in [9.17, 15) is 4.79 Å². The van der Waals surface area contributed by atoms with Gasteiger partial charge in [-0.05, 0) is 41.1 Å². The molecule has 2 N–H and O–H groups in total. The van der Waals surface area contributed by atoms with Crippen LogP contribution in [0, 0.1) is 3.57 Å². The molecule has 0 saturated carbocycles. The Bertz CT molecular complexity index is 365. The van der Waals surface area contributed by atoms with Gasteiger partial charge in [-0.15, -0.1) is 0 Å². The normalized spacial score (nSPS) is 10.1. The molecule has 0 bridgehead atoms. The van der Waals surface area contributed by atoms with Crippen LogP contribution in [0.5, 0.6) is 0 Å². The maximum atomic E-state index is 11.9. The minimum Gasteiger partial charge on any atom is -0.395 e. The van der Waals surface area contributed by atoms with E-state index in [0.29, 0.717) is 13.1 Å². The van der Waals surface area contributed by atoms with Crippen LogP contribution in [0.1, 0.15) is 13.3 Å². The van der Waals surface area contributed by atoms with Gasteiger partial charge in [0.2, 0.25) is 0 Å². The van der Waals surface area contributed by atoms with Crippen molar-refractivity contribution >= 4 is 34.3 Å². The van der Waals surface area contributed by atoms with Crippen LogP contribution < -0.4 is 5.32 Å². The molecule has 0 fully saturated rings. The number of carbonyl (C=O) groups excluding carboxylic acids is 1. The van der Waals surface area contributed by atoms with Gasteiger partial charge in [-0.2, -0.15) is 0 Å². The van der Waals surface area contributed by atoms with E-state index >= 15 is 0 Å². The molecule has 0 aromatic heterocycles. The number of nitrogens with zero attached hydrogens (tertiary/aromatic N) is 1. The number of urea groups is 1. The Labute approximate surface area is 115 Å². The van der Waals surface area contributed by atoms with E-state index in [1.807, 2.05) is 31.2 Å². The van der Waals surface area contributed by atoms with Gasteiger partial charge in [-0.3, -0.25) is 0 Å². The predicted octanol–water partition coefficient (Wildman–Crippen LogP) is 2.53. The number of aliphatic hydroxyl groups excluding tert-OH is 1. The van der Waals surface area contributed by atoms with Gasteiger partial charge in [0.15, 0.2) is 0 Å². The molecule has 0 radical (unpaired) electrons. The predicted molar refractivity (Wildman–Crippen MR) is 77.1 cm³/mol. The lowest BCUT2D eigenvalue weighted by molar-refractivity contribution is 0.188. The smallest absolute Gasteiger partial charge is 0.321 e. The van der Waals surface area contributed by atoms with Crippen molar-refractivity contribution in [3.8, 4) is 0 Å². The average molecular weight is 348 g/mol. The third-order valence-electron chi connectivity index (χ3n) is 2.27. The fourth-order valence-corrected chi connectivity index (χ4v) is 1.98. The van der Waals surface area contributed by atoms with Crippen molar-refractivity contribution in [2.45, 2.75) is 13.3 Å². The van der Waals surface area contributed by atoms with Gasteiger partial charge in [0.05, 0.1) is 12.3 Å². The Hall–Kier alpha value is -0.820. The first-order valence-corrected chi connectivity index (χ1v) is 6.68. The molecule has 94 valence electrons. The standard InChI is InChI=1S/C12H17IN2O2/c1-2-7-15(8-9-16)12(17)14-11-6-4-3-5-10(11)13/h3-6,16H,2,7-9H2,1H3,(H,14,17). The summed E-state index contributed by atoms with van der Waals surface area (Å²) in [4.78, 5) is 13.6. The Morgan fingerprint density at radius 2 is 2.12 bits per heavy atom. The van der Waals surface area contributed by atoms with Gasteiger partial charge >= 0.3 is 6.03 Å². The van der Waals surface area contributed by atoms with Crippen LogP contribution >= 0.6 is 22.6 Å². The number of benzene rings is 1. The zero-order chi connectivity index (χ0) is 12.7. The molecular formula is C12H17IN2O2. The minimum absolute atomic E-state index is 0.0146. The van der Waals surface area contributed by atoms with Crippen molar-refractivity contribution in [1.29, 1.82) is 0 Å². The summed E-state index contributed by atoms with van der Waals surface area (Å²) in [6.07, 6.45) is 0.874. The van der Waals surface area contributed by atoms with Crippen molar-refractivity contribution in [2.24, 2.45) is 0 Å². The van der Waals surface area contributed by atoms with Gasteiger partial charge in [-0.25, -0.2) is 4.79 Å². The maximum absolute atomic E-state index is 11.9. The van der Waals surface area contributed by atoms with Crippen LogP contribution in [0.2, 0.25) is 0 Å². The van der Waals surface area contributed by atoms with Crippen molar-refractivity contribution in [3.05, 3.63) is 27.8 Å². The number of carbonyl (C=O) groups is 1. The average Bonchev–Trinajstić information content (AvgIpc) is 2.32. The van der Waals surface area contributed by atoms with Gasteiger partial charge in [0.25, 0.3) is 0 Å². The molecule has 2 amide bonds. The summed E-state index contributed by atoms with van der Waals surface area (Å²) in [5, 5.41) is 11.8. The van der Waals surface area contributed by atoms with Crippen LogP contribution in [0.4, 0.5) is 10.5 Å². The van der Waals surface area contributed by atoms with Gasteiger partial charge in [-0.1, -0.05) is 19.1 Å². The summed E-state index contributed by atoms with van der Waals surface area (Å²) in [7, 11) is 0. The Morgan fingerprint density at radius 1 is 1.41 bits per heavy atom. The van der Waals surface area contributed by atoms with E-state index in [4.69, 9.17) is 5.11 Å². The summed E-state index contributed by atoms with van der Waals surface area (Å²) >= 11 is 2.18. The molecule has 1 aromatic rings. The molecule has 0 unspecified atom stereocenters. The summed E-state index contributed by atoms with van der Waals surface area (Å²) in [5.41, 5.74) is 0.803. The fraction of sp³-hybridized carbons (Fsp3) is 0.417. The zero-order valence-electron chi connectivity index (χ0n) is 9.82. The van der Waals surface area contributed by atoms with Gasteiger partial charge < -0.3 is 15.3 Å². The van der Waals surface area contributed by atoms with Crippen LogP contribution in [0.25, 0.3) is 0 Å². The zero-order valence-corrected chi connectivity index (χ0v) is 12.0. The number of rotatable bonds is 5. The monoisotopic (exact) mass is 348 g/mol. The Morgan fingerprint density at radius 3 is 2.71 bits per heavy atom. The number of nitrogens with one attached hydrogen (secondary N) is 1. The number of aliphatic hydroxyl groups is 1. The lowest BCUT2D eigenvalue weighted by Gasteiger charge is -2.21. The van der Waals surface area contributed by atoms with E-state index in [-0.39, 0.29) is 12.6 Å². The summed E-state index contributed by atoms with van der Waals surface area (Å²) in [5.74, 6) is 0.